The van der Waals surface area contributed by atoms with Crippen LogP contribution in [0, 0.1) is 13.8 Å². The monoisotopic (exact) mass is 362 g/mol. The summed E-state index contributed by atoms with van der Waals surface area (Å²) >= 11 is 0. The number of carboxylic acids is 1. The van der Waals surface area contributed by atoms with Crippen LogP contribution in [0.2, 0.25) is 0 Å². The SMILES string of the molecule is Cc1cc(C)nc(Nc2ccc(C(=O)Nc3ccc(C(=O)O)cc3)cc2)n1. The van der Waals surface area contributed by atoms with E-state index < -0.39 is 5.97 Å². The lowest BCUT2D eigenvalue weighted by Crippen LogP contribution is -2.12. The van der Waals surface area contributed by atoms with Crippen LogP contribution in [0.3, 0.4) is 0 Å². The molecule has 136 valence electrons. The van der Waals surface area contributed by atoms with E-state index in [1.165, 1.54) is 12.1 Å². The van der Waals surface area contributed by atoms with Crippen molar-refractivity contribution < 1.29 is 14.7 Å². The minimum absolute atomic E-state index is 0.164. The molecule has 27 heavy (non-hydrogen) atoms. The lowest BCUT2D eigenvalue weighted by molar-refractivity contribution is 0.0696. The van der Waals surface area contributed by atoms with E-state index in [0.717, 1.165) is 17.1 Å². The van der Waals surface area contributed by atoms with Gasteiger partial charge in [0, 0.05) is 28.3 Å². The average Bonchev–Trinajstić information content (AvgIpc) is 2.62. The van der Waals surface area contributed by atoms with E-state index in [9.17, 15) is 9.59 Å². The third-order valence-corrected chi connectivity index (χ3v) is 3.78. The number of aryl methyl sites for hydroxylation is 2. The highest BCUT2D eigenvalue weighted by Crippen LogP contribution is 2.16. The summed E-state index contributed by atoms with van der Waals surface area (Å²) < 4.78 is 0. The maximum Gasteiger partial charge on any atom is 0.335 e. The molecule has 0 unspecified atom stereocenters. The van der Waals surface area contributed by atoms with Crippen molar-refractivity contribution in [1.29, 1.82) is 0 Å². The number of carboxylic acid groups (broad SMARTS) is 1. The van der Waals surface area contributed by atoms with Crippen LogP contribution in [0.4, 0.5) is 17.3 Å². The number of amides is 1. The number of carbonyl (C=O) groups is 2. The molecule has 0 bridgehead atoms. The van der Waals surface area contributed by atoms with E-state index in [1.54, 1.807) is 36.4 Å². The molecule has 0 saturated heterocycles. The lowest BCUT2D eigenvalue weighted by atomic mass is 10.1. The molecule has 3 rings (SSSR count). The molecule has 7 heteroatoms. The van der Waals surface area contributed by atoms with Crippen LogP contribution in [-0.4, -0.2) is 27.0 Å². The van der Waals surface area contributed by atoms with Crippen molar-refractivity contribution in [2.24, 2.45) is 0 Å². The lowest BCUT2D eigenvalue weighted by Gasteiger charge is -2.08. The zero-order valence-electron chi connectivity index (χ0n) is 14.9. The fourth-order valence-electron chi connectivity index (χ4n) is 2.52. The highest BCUT2D eigenvalue weighted by Gasteiger charge is 2.08. The summed E-state index contributed by atoms with van der Waals surface area (Å²) in [5, 5.41) is 14.7. The minimum atomic E-state index is -1.01. The van der Waals surface area contributed by atoms with Crippen LogP contribution in [-0.2, 0) is 0 Å². The number of rotatable bonds is 5. The van der Waals surface area contributed by atoms with Crippen LogP contribution >= 0.6 is 0 Å². The van der Waals surface area contributed by atoms with Crippen molar-refractivity contribution >= 4 is 29.2 Å². The topological polar surface area (TPSA) is 104 Å². The fraction of sp³-hybridized carbons (Fsp3) is 0.100. The quantitative estimate of drug-likeness (QED) is 0.638. The summed E-state index contributed by atoms with van der Waals surface area (Å²) in [5.74, 6) is -0.792. The molecule has 0 aliphatic heterocycles. The van der Waals surface area contributed by atoms with Gasteiger partial charge in [0.2, 0.25) is 5.95 Å². The molecule has 0 spiro atoms. The van der Waals surface area contributed by atoms with Gasteiger partial charge in [0.15, 0.2) is 0 Å². The van der Waals surface area contributed by atoms with Crippen LogP contribution in [0.5, 0.6) is 0 Å². The first-order valence-corrected chi connectivity index (χ1v) is 8.25. The zero-order chi connectivity index (χ0) is 19.4. The van der Waals surface area contributed by atoms with Gasteiger partial charge in [-0.25, -0.2) is 14.8 Å². The molecule has 1 aromatic heterocycles. The molecule has 0 aliphatic rings. The molecule has 0 aliphatic carbocycles. The second-order valence-electron chi connectivity index (χ2n) is 6.01. The summed E-state index contributed by atoms with van der Waals surface area (Å²) in [5.41, 5.74) is 3.67. The molecule has 0 atom stereocenters. The number of aromatic carboxylic acids is 1. The van der Waals surface area contributed by atoms with E-state index in [-0.39, 0.29) is 11.5 Å². The third kappa shape index (κ3) is 4.66. The first-order valence-electron chi connectivity index (χ1n) is 8.25. The standard InChI is InChI=1S/C20H18N4O3/c1-12-11-13(2)22-20(21-12)24-17-7-3-14(4-8-17)18(25)23-16-9-5-15(6-10-16)19(26)27/h3-11H,1-2H3,(H,23,25)(H,26,27)(H,21,22,24). The predicted molar refractivity (Wildman–Crippen MR) is 103 cm³/mol. The molecule has 2 aromatic carbocycles. The van der Waals surface area contributed by atoms with Crippen molar-refractivity contribution in [3.05, 3.63) is 77.1 Å². The Kier molecular flexibility index (Phi) is 5.12. The Morgan fingerprint density at radius 2 is 1.33 bits per heavy atom. The smallest absolute Gasteiger partial charge is 0.335 e. The first-order chi connectivity index (χ1) is 12.9. The molecule has 3 aromatic rings. The van der Waals surface area contributed by atoms with Crippen molar-refractivity contribution in [2.45, 2.75) is 13.8 Å². The van der Waals surface area contributed by atoms with Gasteiger partial charge < -0.3 is 15.7 Å². The number of nitrogens with one attached hydrogen (secondary N) is 2. The number of carbonyl (C=O) groups excluding carboxylic acids is 1. The van der Waals surface area contributed by atoms with Crippen LogP contribution < -0.4 is 10.6 Å². The van der Waals surface area contributed by atoms with Crippen LogP contribution in [0.1, 0.15) is 32.1 Å². The Morgan fingerprint density at radius 3 is 1.89 bits per heavy atom. The Hall–Kier alpha value is -3.74. The molecule has 1 heterocycles. The Bertz CT molecular complexity index is 963. The molecule has 1 amide bonds. The van der Waals surface area contributed by atoms with Gasteiger partial charge in [-0.3, -0.25) is 4.79 Å². The fourth-order valence-corrected chi connectivity index (χ4v) is 2.52. The number of benzene rings is 2. The number of nitrogens with zero attached hydrogens (tertiary/aromatic N) is 2. The predicted octanol–water partition coefficient (Wildman–Crippen LogP) is 3.79. The molecule has 0 radical (unpaired) electrons. The average molecular weight is 362 g/mol. The Morgan fingerprint density at radius 1 is 0.815 bits per heavy atom. The van der Waals surface area contributed by atoms with Gasteiger partial charge in [0.05, 0.1) is 5.56 Å². The summed E-state index contributed by atoms with van der Waals surface area (Å²) in [6.45, 7) is 3.80. The van der Waals surface area contributed by atoms with E-state index >= 15 is 0 Å². The molecular formula is C20H18N4O3. The maximum atomic E-state index is 12.3. The van der Waals surface area contributed by atoms with Crippen LogP contribution in [0.15, 0.2) is 54.6 Å². The molecule has 0 fully saturated rings. The van der Waals surface area contributed by atoms with Gasteiger partial charge in [0.25, 0.3) is 5.91 Å². The second kappa shape index (κ2) is 7.65. The molecule has 7 nitrogen and oxygen atoms in total. The summed E-state index contributed by atoms with van der Waals surface area (Å²) in [7, 11) is 0. The van der Waals surface area contributed by atoms with Gasteiger partial charge in [-0.15, -0.1) is 0 Å². The van der Waals surface area contributed by atoms with Crippen molar-refractivity contribution in [1.82, 2.24) is 9.97 Å². The molecule has 3 N–H and O–H groups in total. The number of aromatic nitrogens is 2. The van der Waals surface area contributed by atoms with Gasteiger partial charge in [-0.05, 0) is 68.4 Å². The van der Waals surface area contributed by atoms with Crippen LogP contribution in [0.25, 0.3) is 0 Å². The van der Waals surface area contributed by atoms with E-state index in [0.29, 0.717) is 17.2 Å². The van der Waals surface area contributed by atoms with Crippen molar-refractivity contribution in [2.75, 3.05) is 10.6 Å². The number of hydrogen-bond donors (Lipinski definition) is 3. The zero-order valence-corrected chi connectivity index (χ0v) is 14.9. The largest absolute Gasteiger partial charge is 0.478 e. The van der Waals surface area contributed by atoms with Gasteiger partial charge >= 0.3 is 5.97 Å². The van der Waals surface area contributed by atoms with E-state index in [4.69, 9.17) is 5.11 Å². The number of anilines is 3. The summed E-state index contributed by atoms with van der Waals surface area (Å²) in [4.78, 5) is 31.8. The first kappa shape index (κ1) is 18.1. The highest BCUT2D eigenvalue weighted by atomic mass is 16.4. The number of hydrogen-bond acceptors (Lipinski definition) is 5. The van der Waals surface area contributed by atoms with E-state index in [2.05, 4.69) is 20.6 Å². The van der Waals surface area contributed by atoms with E-state index in [1.807, 2.05) is 19.9 Å². The highest BCUT2D eigenvalue weighted by molar-refractivity contribution is 6.04. The van der Waals surface area contributed by atoms with Gasteiger partial charge in [-0.2, -0.15) is 0 Å². The Balaban J connectivity index is 1.67. The normalized spacial score (nSPS) is 10.3. The minimum Gasteiger partial charge on any atom is -0.478 e. The molecular weight excluding hydrogens is 344 g/mol. The summed E-state index contributed by atoms with van der Waals surface area (Å²) in [6.07, 6.45) is 0. The maximum absolute atomic E-state index is 12.3. The summed E-state index contributed by atoms with van der Waals surface area (Å²) in [6, 6.07) is 14.8. The van der Waals surface area contributed by atoms with Gasteiger partial charge in [-0.1, -0.05) is 0 Å². The van der Waals surface area contributed by atoms with Crippen molar-refractivity contribution in [3.63, 3.8) is 0 Å². The van der Waals surface area contributed by atoms with Gasteiger partial charge in [0.1, 0.15) is 0 Å². The Labute approximate surface area is 156 Å². The molecule has 0 saturated carbocycles. The third-order valence-electron chi connectivity index (χ3n) is 3.78. The van der Waals surface area contributed by atoms with Crippen molar-refractivity contribution in [3.8, 4) is 0 Å². The second-order valence-corrected chi connectivity index (χ2v) is 6.01.